The molecule has 0 aliphatic carbocycles. The predicted octanol–water partition coefficient (Wildman–Crippen LogP) is 3.92. The van der Waals surface area contributed by atoms with Crippen molar-refractivity contribution in [3.05, 3.63) is 71.1 Å². The SMILES string of the molecule is C=CCN1C(=O)/C(=C/c2cccnc2)SC1=Nc1cccnc1Cl. The fourth-order valence-corrected chi connectivity index (χ4v) is 3.22. The van der Waals surface area contributed by atoms with Crippen molar-refractivity contribution in [2.45, 2.75) is 0 Å². The molecule has 0 spiro atoms. The molecule has 1 saturated heterocycles. The van der Waals surface area contributed by atoms with E-state index in [2.05, 4.69) is 21.5 Å². The largest absolute Gasteiger partial charge is 0.283 e. The number of carbonyl (C=O) groups excluding carboxylic acids is 1. The highest BCUT2D eigenvalue weighted by Crippen LogP contribution is 2.35. The molecular formula is C17H13ClN4OS. The van der Waals surface area contributed by atoms with Gasteiger partial charge in [-0.2, -0.15) is 0 Å². The number of amides is 1. The normalized spacial score (nSPS) is 17.7. The molecule has 0 unspecified atom stereocenters. The van der Waals surface area contributed by atoms with Crippen LogP contribution < -0.4 is 0 Å². The fraction of sp³-hybridized carbons (Fsp3) is 0.0588. The van der Waals surface area contributed by atoms with Crippen molar-refractivity contribution < 1.29 is 4.79 Å². The van der Waals surface area contributed by atoms with Crippen LogP contribution in [0.1, 0.15) is 5.56 Å². The van der Waals surface area contributed by atoms with Gasteiger partial charge in [-0.05, 0) is 41.6 Å². The predicted molar refractivity (Wildman–Crippen MR) is 98.1 cm³/mol. The molecule has 1 aliphatic rings. The number of amidine groups is 1. The van der Waals surface area contributed by atoms with Crippen LogP contribution in [0.2, 0.25) is 5.15 Å². The van der Waals surface area contributed by atoms with E-state index < -0.39 is 0 Å². The first-order chi connectivity index (χ1) is 11.7. The minimum atomic E-state index is -0.123. The molecule has 0 radical (unpaired) electrons. The van der Waals surface area contributed by atoms with Crippen LogP contribution in [0.3, 0.4) is 0 Å². The van der Waals surface area contributed by atoms with Gasteiger partial charge in [0.1, 0.15) is 5.69 Å². The van der Waals surface area contributed by atoms with Crippen molar-refractivity contribution in [3.63, 3.8) is 0 Å². The van der Waals surface area contributed by atoms with Crippen LogP contribution in [0, 0.1) is 0 Å². The molecule has 5 nitrogen and oxygen atoms in total. The van der Waals surface area contributed by atoms with Crippen molar-refractivity contribution in [3.8, 4) is 0 Å². The van der Waals surface area contributed by atoms with Gasteiger partial charge in [0.2, 0.25) is 0 Å². The van der Waals surface area contributed by atoms with Crippen molar-refractivity contribution in [1.29, 1.82) is 0 Å². The molecule has 3 rings (SSSR count). The molecule has 0 atom stereocenters. The van der Waals surface area contributed by atoms with E-state index in [4.69, 9.17) is 11.6 Å². The summed E-state index contributed by atoms with van der Waals surface area (Å²) in [6, 6.07) is 7.21. The Morgan fingerprint density at radius 1 is 1.33 bits per heavy atom. The van der Waals surface area contributed by atoms with Crippen LogP contribution in [0.15, 0.2) is 65.4 Å². The molecule has 120 valence electrons. The first-order valence-corrected chi connectivity index (χ1v) is 8.30. The number of aromatic nitrogens is 2. The summed E-state index contributed by atoms with van der Waals surface area (Å²) in [5.41, 5.74) is 1.37. The maximum atomic E-state index is 12.6. The second-order valence-corrected chi connectivity index (χ2v) is 6.18. The zero-order valence-corrected chi connectivity index (χ0v) is 14.2. The minimum absolute atomic E-state index is 0.123. The molecular weight excluding hydrogens is 344 g/mol. The first kappa shape index (κ1) is 16.4. The quantitative estimate of drug-likeness (QED) is 0.473. The van der Waals surface area contributed by atoms with Crippen LogP contribution in [0.5, 0.6) is 0 Å². The van der Waals surface area contributed by atoms with Gasteiger partial charge in [0.25, 0.3) is 5.91 Å². The number of pyridine rings is 2. The number of carbonyl (C=O) groups is 1. The van der Waals surface area contributed by atoms with Gasteiger partial charge in [-0.1, -0.05) is 23.7 Å². The fourth-order valence-electron chi connectivity index (χ4n) is 2.06. The van der Waals surface area contributed by atoms with E-state index in [9.17, 15) is 4.79 Å². The second-order valence-electron chi connectivity index (χ2n) is 4.81. The van der Waals surface area contributed by atoms with E-state index in [0.29, 0.717) is 27.5 Å². The number of aliphatic imine (C=N–C) groups is 1. The summed E-state index contributed by atoms with van der Waals surface area (Å²) in [6.07, 6.45) is 8.43. The molecule has 0 N–H and O–H groups in total. The summed E-state index contributed by atoms with van der Waals surface area (Å²) < 4.78 is 0. The maximum absolute atomic E-state index is 12.6. The third-order valence-electron chi connectivity index (χ3n) is 3.14. The van der Waals surface area contributed by atoms with E-state index in [-0.39, 0.29) is 5.91 Å². The summed E-state index contributed by atoms with van der Waals surface area (Å²) in [5.74, 6) is -0.123. The zero-order chi connectivity index (χ0) is 16.9. The lowest BCUT2D eigenvalue weighted by molar-refractivity contribution is -0.121. The van der Waals surface area contributed by atoms with Gasteiger partial charge < -0.3 is 0 Å². The molecule has 2 aromatic rings. The average molecular weight is 357 g/mol. The molecule has 0 aromatic carbocycles. The van der Waals surface area contributed by atoms with Crippen molar-refractivity contribution in [2.24, 2.45) is 4.99 Å². The highest BCUT2D eigenvalue weighted by atomic mass is 35.5. The number of halogens is 1. The Hall–Kier alpha value is -2.44. The lowest BCUT2D eigenvalue weighted by Crippen LogP contribution is -2.29. The van der Waals surface area contributed by atoms with E-state index in [1.807, 2.05) is 12.1 Å². The van der Waals surface area contributed by atoms with Crippen LogP contribution in [-0.2, 0) is 4.79 Å². The van der Waals surface area contributed by atoms with E-state index >= 15 is 0 Å². The lowest BCUT2D eigenvalue weighted by Gasteiger charge is -2.12. The molecule has 0 saturated carbocycles. The highest BCUT2D eigenvalue weighted by Gasteiger charge is 2.32. The number of hydrogen-bond acceptors (Lipinski definition) is 5. The van der Waals surface area contributed by atoms with Gasteiger partial charge in [-0.3, -0.25) is 14.7 Å². The first-order valence-electron chi connectivity index (χ1n) is 7.10. The molecule has 1 fully saturated rings. The van der Waals surface area contributed by atoms with Gasteiger partial charge in [0.05, 0.1) is 4.91 Å². The van der Waals surface area contributed by atoms with E-state index in [1.165, 1.54) is 11.8 Å². The van der Waals surface area contributed by atoms with Crippen LogP contribution in [0.25, 0.3) is 6.08 Å². The van der Waals surface area contributed by atoms with Gasteiger partial charge in [0, 0.05) is 25.1 Å². The Labute approximate surface area is 148 Å². The Balaban J connectivity index is 1.97. The number of hydrogen-bond donors (Lipinski definition) is 0. The van der Waals surface area contributed by atoms with Crippen molar-refractivity contribution in [1.82, 2.24) is 14.9 Å². The summed E-state index contributed by atoms with van der Waals surface area (Å²) in [5, 5.41) is 0.839. The van der Waals surface area contributed by atoms with Crippen LogP contribution in [0.4, 0.5) is 5.69 Å². The van der Waals surface area contributed by atoms with E-state index in [0.717, 1.165) is 5.56 Å². The maximum Gasteiger partial charge on any atom is 0.267 e. The molecule has 24 heavy (non-hydrogen) atoms. The number of nitrogens with zero attached hydrogens (tertiary/aromatic N) is 4. The van der Waals surface area contributed by atoms with Crippen LogP contribution >= 0.6 is 23.4 Å². The zero-order valence-electron chi connectivity index (χ0n) is 12.6. The molecule has 0 bridgehead atoms. The minimum Gasteiger partial charge on any atom is -0.283 e. The van der Waals surface area contributed by atoms with Gasteiger partial charge in [-0.25, -0.2) is 9.98 Å². The Bertz CT molecular complexity index is 835. The molecule has 2 aromatic heterocycles. The highest BCUT2D eigenvalue weighted by molar-refractivity contribution is 8.18. The Morgan fingerprint density at radius 2 is 2.17 bits per heavy atom. The standard InChI is InChI=1S/C17H13ClN4OS/c1-2-9-22-16(23)14(10-12-5-3-7-19-11-12)24-17(22)21-13-6-4-8-20-15(13)18/h2-8,10-11H,1,9H2/b14-10-,21-17?. The summed E-state index contributed by atoms with van der Waals surface area (Å²) >= 11 is 7.35. The summed E-state index contributed by atoms with van der Waals surface area (Å²) in [4.78, 5) is 27.3. The van der Waals surface area contributed by atoms with Gasteiger partial charge in [-0.15, -0.1) is 6.58 Å². The molecule has 3 heterocycles. The van der Waals surface area contributed by atoms with E-state index in [1.54, 1.807) is 47.8 Å². The number of rotatable bonds is 4. The van der Waals surface area contributed by atoms with Crippen LogP contribution in [-0.4, -0.2) is 32.5 Å². The Kier molecular flexibility index (Phi) is 5.08. The van der Waals surface area contributed by atoms with Crippen molar-refractivity contribution in [2.75, 3.05) is 6.54 Å². The molecule has 1 amide bonds. The molecule has 7 heteroatoms. The third kappa shape index (κ3) is 3.55. The topological polar surface area (TPSA) is 58.5 Å². The summed E-state index contributed by atoms with van der Waals surface area (Å²) in [7, 11) is 0. The average Bonchev–Trinajstić information content (AvgIpc) is 2.87. The van der Waals surface area contributed by atoms with Gasteiger partial charge >= 0.3 is 0 Å². The smallest absolute Gasteiger partial charge is 0.267 e. The third-order valence-corrected chi connectivity index (χ3v) is 4.44. The molecule has 1 aliphatic heterocycles. The second kappa shape index (κ2) is 7.42. The number of thioether (sulfide) groups is 1. The monoisotopic (exact) mass is 356 g/mol. The Morgan fingerprint density at radius 3 is 2.88 bits per heavy atom. The lowest BCUT2D eigenvalue weighted by atomic mass is 10.2. The van der Waals surface area contributed by atoms with Crippen molar-refractivity contribution >= 4 is 46.2 Å². The van der Waals surface area contributed by atoms with Gasteiger partial charge in [0.15, 0.2) is 10.3 Å². The summed E-state index contributed by atoms with van der Waals surface area (Å²) in [6.45, 7) is 4.07.